The van der Waals surface area contributed by atoms with Gasteiger partial charge in [-0.1, -0.05) is 17.2 Å². The minimum atomic E-state index is -0.478. The second kappa shape index (κ2) is 11.0. The molecule has 5 heterocycles. The van der Waals surface area contributed by atoms with Gasteiger partial charge in [0.1, 0.15) is 10.6 Å². The number of carbonyl (C=O) groups is 1. The van der Waals surface area contributed by atoms with Crippen LogP contribution in [0.15, 0.2) is 48.8 Å². The zero-order chi connectivity index (χ0) is 29.0. The van der Waals surface area contributed by atoms with Crippen molar-refractivity contribution in [2.24, 2.45) is 11.8 Å². The van der Waals surface area contributed by atoms with E-state index in [0.29, 0.717) is 23.7 Å². The number of piperidine rings is 2. The summed E-state index contributed by atoms with van der Waals surface area (Å²) in [7, 11) is 0. The molecule has 0 amide bonds. The normalized spacial score (nSPS) is 23.3. The summed E-state index contributed by atoms with van der Waals surface area (Å²) in [6.07, 6.45) is 9.59. The van der Waals surface area contributed by atoms with Crippen molar-refractivity contribution < 1.29 is 4.79 Å². The fraction of sp³-hybridized carbons (Fsp3) is 0.500. The van der Waals surface area contributed by atoms with Crippen LogP contribution in [-0.4, -0.2) is 52.9 Å². The lowest BCUT2D eigenvalue weighted by Crippen LogP contribution is -2.39. The predicted octanol–water partition coefficient (Wildman–Crippen LogP) is 7.18. The van der Waals surface area contributed by atoms with E-state index in [-0.39, 0.29) is 5.92 Å². The Hall–Kier alpha value is -2.80. The third-order valence-electron chi connectivity index (χ3n) is 10.5. The van der Waals surface area contributed by atoms with Gasteiger partial charge < -0.3 is 15.2 Å². The number of aromatic nitrogens is 2. The fourth-order valence-corrected chi connectivity index (χ4v) is 9.33. The van der Waals surface area contributed by atoms with Gasteiger partial charge in [-0.3, -0.25) is 9.78 Å². The van der Waals surface area contributed by atoms with Crippen LogP contribution in [0.1, 0.15) is 72.6 Å². The van der Waals surface area contributed by atoms with E-state index in [1.165, 1.54) is 67.9 Å². The van der Waals surface area contributed by atoms with Crippen LogP contribution < -0.4 is 5.32 Å². The van der Waals surface area contributed by atoms with Gasteiger partial charge in [0.15, 0.2) is 0 Å². The zero-order valence-corrected chi connectivity index (χ0v) is 26.3. The second-order valence-corrected chi connectivity index (χ2v) is 14.8. The number of likely N-dealkylation sites (tertiary alicyclic amines) is 1. The summed E-state index contributed by atoms with van der Waals surface area (Å²) < 4.78 is 0. The van der Waals surface area contributed by atoms with E-state index in [0.717, 1.165) is 39.0 Å². The molecule has 3 aromatic heterocycles. The average Bonchev–Trinajstić information content (AvgIpc) is 3.76. The topological polar surface area (TPSA) is 61.0 Å². The quantitative estimate of drug-likeness (QED) is 0.232. The molecule has 6 heteroatoms. The van der Waals surface area contributed by atoms with Crippen LogP contribution in [0.5, 0.6) is 0 Å². The molecule has 3 fully saturated rings. The van der Waals surface area contributed by atoms with E-state index in [2.05, 4.69) is 84.3 Å². The maximum absolute atomic E-state index is 14.0. The Morgan fingerprint density at radius 3 is 2.40 bits per heavy atom. The van der Waals surface area contributed by atoms with Gasteiger partial charge in [-0.25, -0.2) is 0 Å². The Balaban J connectivity index is 1.16. The first kappa shape index (κ1) is 28.0. The number of Topliss-reactive ketones (excluding diaryl/α,β-unsaturated/α-hetero) is 1. The van der Waals surface area contributed by atoms with Crippen LogP contribution in [0, 0.1) is 25.7 Å². The molecule has 2 aliphatic heterocycles. The van der Waals surface area contributed by atoms with E-state index < -0.39 is 5.41 Å². The SMILES string of the molecule is Cc1cc(C)cc(-c2[nH]c3sc(C(C)(C)C(=O)C4C5CCC4NC5)cc3c2CCN2CCC(c3ccncc3)CC2)c1. The van der Waals surface area contributed by atoms with E-state index in [1.54, 1.807) is 11.3 Å². The molecule has 1 aromatic carbocycles. The highest BCUT2D eigenvalue weighted by Gasteiger charge is 2.50. The Kier molecular flexibility index (Phi) is 7.36. The van der Waals surface area contributed by atoms with Crippen LogP contribution in [0.3, 0.4) is 0 Å². The number of benzene rings is 1. The number of nitrogens with zero attached hydrogens (tertiary/aromatic N) is 2. The van der Waals surface area contributed by atoms with Crippen LogP contribution in [0.4, 0.5) is 0 Å². The number of hydrogen-bond acceptors (Lipinski definition) is 5. The molecule has 2 bridgehead atoms. The Labute approximate surface area is 254 Å². The van der Waals surface area contributed by atoms with Crippen molar-refractivity contribution in [1.29, 1.82) is 0 Å². The minimum absolute atomic E-state index is 0.167. The maximum Gasteiger partial charge on any atom is 0.148 e. The van der Waals surface area contributed by atoms with E-state index in [9.17, 15) is 4.79 Å². The van der Waals surface area contributed by atoms with Crippen molar-refractivity contribution in [1.82, 2.24) is 20.2 Å². The molecule has 5 nitrogen and oxygen atoms in total. The summed E-state index contributed by atoms with van der Waals surface area (Å²) in [6.45, 7) is 13.0. The van der Waals surface area contributed by atoms with E-state index in [4.69, 9.17) is 0 Å². The van der Waals surface area contributed by atoms with Crippen molar-refractivity contribution in [3.63, 3.8) is 0 Å². The molecule has 2 saturated heterocycles. The molecule has 1 aliphatic carbocycles. The number of aryl methyl sites for hydroxylation is 2. The molecular formula is C36H44N4OS. The predicted molar refractivity (Wildman–Crippen MR) is 173 cm³/mol. The van der Waals surface area contributed by atoms with E-state index in [1.807, 2.05) is 12.4 Å². The van der Waals surface area contributed by atoms with Gasteiger partial charge in [0, 0.05) is 41.2 Å². The van der Waals surface area contributed by atoms with Crippen LogP contribution in [0.25, 0.3) is 21.5 Å². The highest BCUT2D eigenvalue weighted by Crippen LogP contribution is 2.45. The van der Waals surface area contributed by atoms with Crippen molar-refractivity contribution in [3.8, 4) is 11.3 Å². The Bertz CT molecular complexity index is 1550. The van der Waals surface area contributed by atoms with Gasteiger partial charge in [0.2, 0.25) is 0 Å². The second-order valence-electron chi connectivity index (χ2n) is 13.7. The lowest BCUT2D eigenvalue weighted by molar-refractivity contribution is -0.128. The number of fused-ring (bicyclic) bond motifs is 3. The summed E-state index contributed by atoms with van der Waals surface area (Å²) in [5, 5.41) is 4.91. The first-order valence-electron chi connectivity index (χ1n) is 15.9. The number of carbonyl (C=O) groups excluding carboxylic acids is 1. The standard InChI is InChI=1S/C36H44N4OS/c1-22-17-23(2)19-27(18-22)33-28(11-16-40-14-9-25(10-15-40)24-7-12-37-13-8-24)29-20-31(42-35(29)39-33)36(3,4)34(41)32-26-5-6-30(32)38-21-26/h7-8,12-13,17-20,25-26,30,32,38-39H,5-6,9-11,14-16,21H2,1-4H3. The van der Waals surface area contributed by atoms with Gasteiger partial charge in [-0.15, -0.1) is 11.3 Å². The van der Waals surface area contributed by atoms with Crippen molar-refractivity contribution in [3.05, 3.63) is 75.9 Å². The molecular weight excluding hydrogens is 536 g/mol. The number of hydrogen-bond donors (Lipinski definition) is 2. The number of nitrogens with one attached hydrogen (secondary N) is 2. The molecule has 42 heavy (non-hydrogen) atoms. The van der Waals surface area contributed by atoms with Crippen LogP contribution in [-0.2, 0) is 16.6 Å². The minimum Gasteiger partial charge on any atom is -0.346 e. The molecule has 3 unspecified atom stereocenters. The molecule has 7 rings (SSSR count). The summed E-state index contributed by atoms with van der Waals surface area (Å²) >= 11 is 1.80. The third kappa shape index (κ3) is 5.06. The first-order valence-corrected chi connectivity index (χ1v) is 16.7. The van der Waals surface area contributed by atoms with Crippen LogP contribution >= 0.6 is 11.3 Å². The number of rotatable bonds is 8. The van der Waals surface area contributed by atoms with Crippen molar-refractivity contribution in [2.75, 3.05) is 26.2 Å². The number of thiophene rings is 1. The third-order valence-corrected chi connectivity index (χ3v) is 11.9. The molecule has 2 N–H and O–H groups in total. The molecule has 4 aromatic rings. The van der Waals surface area contributed by atoms with Gasteiger partial charge in [-0.2, -0.15) is 0 Å². The van der Waals surface area contributed by atoms with Crippen molar-refractivity contribution in [2.45, 2.75) is 77.2 Å². The monoisotopic (exact) mass is 580 g/mol. The smallest absolute Gasteiger partial charge is 0.148 e. The van der Waals surface area contributed by atoms with Gasteiger partial charge >= 0.3 is 0 Å². The molecule has 3 aliphatic rings. The largest absolute Gasteiger partial charge is 0.346 e. The average molecular weight is 581 g/mol. The Morgan fingerprint density at radius 2 is 1.76 bits per heavy atom. The molecule has 0 radical (unpaired) electrons. The summed E-state index contributed by atoms with van der Waals surface area (Å²) in [6, 6.07) is 14.0. The number of ketones is 1. The van der Waals surface area contributed by atoms with Gasteiger partial charge in [0.05, 0.1) is 11.1 Å². The molecule has 3 atom stereocenters. The fourth-order valence-electron chi connectivity index (χ4n) is 8.14. The first-order chi connectivity index (χ1) is 20.3. The summed E-state index contributed by atoms with van der Waals surface area (Å²) in [5.74, 6) is 1.75. The summed E-state index contributed by atoms with van der Waals surface area (Å²) in [5.41, 5.74) is 7.46. The van der Waals surface area contributed by atoms with Crippen LogP contribution in [0.2, 0.25) is 0 Å². The molecule has 220 valence electrons. The zero-order valence-electron chi connectivity index (χ0n) is 25.5. The van der Waals surface area contributed by atoms with Gasteiger partial charge in [-0.05, 0) is 138 Å². The summed E-state index contributed by atoms with van der Waals surface area (Å²) in [4.78, 5) is 27.1. The maximum atomic E-state index is 14.0. The molecule has 0 spiro atoms. The highest BCUT2D eigenvalue weighted by molar-refractivity contribution is 7.19. The highest BCUT2D eigenvalue weighted by atomic mass is 32.1. The number of H-pyrrole nitrogens is 1. The Morgan fingerprint density at radius 1 is 1.02 bits per heavy atom. The van der Waals surface area contributed by atoms with Crippen molar-refractivity contribution >= 4 is 27.3 Å². The lowest BCUT2D eigenvalue weighted by atomic mass is 9.76. The lowest BCUT2D eigenvalue weighted by Gasteiger charge is -2.32. The number of aromatic amines is 1. The number of pyridine rings is 1. The van der Waals surface area contributed by atoms with Gasteiger partial charge in [0.25, 0.3) is 0 Å². The van der Waals surface area contributed by atoms with E-state index >= 15 is 0 Å². The molecule has 1 saturated carbocycles.